The number of benzene rings is 2. The van der Waals surface area contributed by atoms with Gasteiger partial charge in [-0.3, -0.25) is 20.2 Å². The summed E-state index contributed by atoms with van der Waals surface area (Å²) < 4.78 is 0. The number of hydrogen-bond donors (Lipinski definition) is 2. The van der Waals surface area contributed by atoms with Gasteiger partial charge in [0.05, 0.1) is 15.6 Å². The van der Waals surface area contributed by atoms with Crippen LogP contribution in [0.2, 0.25) is 0 Å². The summed E-state index contributed by atoms with van der Waals surface area (Å²) in [7, 11) is 0. The van der Waals surface area contributed by atoms with E-state index in [2.05, 4.69) is 10.5 Å². The van der Waals surface area contributed by atoms with Crippen LogP contribution in [0.1, 0.15) is 43.0 Å². The van der Waals surface area contributed by atoms with Crippen LogP contribution >= 0.6 is 0 Å². The molecule has 2 N–H and O–H groups in total. The van der Waals surface area contributed by atoms with E-state index in [-0.39, 0.29) is 29.4 Å². The summed E-state index contributed by atoms with van der Waals surface area (Å²) in [4.78, 5) is 20.9. The fourth-order valence-electron chi connectivity index (χ4n) is 3.71. The standard InChI is InChI=1S/C19H20N4O5/c1-2-16-18(21-24)11-17(12-3-7-14(8-4-12)22(25)26)20-19(16)13-5-9-15(10-6-13)23(27)28/h3-10,16-17,19-20,24H,2,11H2,1H3/b21-18+/t16-,17-,19-/m1/s1. The number of rotatable bonds is 5. The van der Waals surface area contributed by atoms with Gasteiger partial charge in [0.1, 0.15) is 0 Å². The first-order chi connectivity index (χ1) is 13.4. The van der Waals surface area contributed by atoms with E-state index < -0.39 is 9.85 Å². The van der Waals surface area contributed by atoms with Gasteiger partial charge in [0.25, 0.3) is 11.4 Å². The van der Waals surface area contributed by atoms with Gasteiger partial charge in [0.15, 0.2) is 0 Å². The molecular formula is C19H20N4O5. The lowest BCUT2D eigenvalue weighted by Gasteiger charge is -2.38. The first-order valence-electron chi connectivity index (χ1n) is 8.90. The second kappa shape index (κ2) is 8.13. The van der Waals surface area contributed by atoms with Gasteiger partial charge in [0.2, 0.25) is 0 Å². The summed E-state index contributed by atoms with van der Waals surface area (Å²) in [6.07, 6.45) is 1.19. The van der Waals surface area contributed by atoms with Crippen LogP contribution in [0.4, 0.5) is 11.4 Å². The van der Waals surface area contributed by atoms with Gasteiger partial charge in [-0.2, -0.15) is 0 Å². The first-order valence-corrected chi connectivity index (χ1v) is 8.90. The minimum Gasteiger partial charge on any atom is -0.411 e. The van der Waals surface area contributed by atoms with Crippen molar-refractivity contribution >= 4 is 17.1 Å². The molecule has 1 heterocycles. The summed E-state index contributed by atoms with van der Waals surface area (Å²) in [6, 6.07) is 12.2. The second-order valence-electron chi connectivity index (χ2n) is 6.70. The van der Waals surface area contributed by atoms with Crippen molar-refractivity contribution in [3.05, 3.63) is 79.9 Å². The molecule has 0 aromatic heterocycles. The first kappa shape index (κ1) is 19.4. The molecule has 2 aromatic rings. The summed E-state index contributed by atoms with van der Waals surface area (Å²) in [5.41, 5.74) is 2.34. The molecule has 0 amide bonds. The minimum atomic E-state index is -0.453. The highest BCUT2D eigenvalue weighted by Crippen LogP contribution is 2.37. The molecule has 28 heavy (non-hydrogen) atoms. The number of hydrogen-bond acceptors (Lipinski definition) is 7. The molecule has 0 aliphatic carbocycles. The highest BCUT2D eigenvalue weighted by Gasteiger charge is 2.36. The summed E-state index contributed by atoms with van der Waals surface area (Å²) >= 11 is 0. The quantitative estimate of drug-likeness (QED) is 0.452. The van der Waals surface area contributed by atoms with E-state index in [1.165, 1.54) is 24.3 Å². The third kappa shape index (κ3) is 3.84. The Labute approximate surface area is 161 Å². The van der Waals surface area contributed by atoms with Crippen molar-refractivity contribution < 1.29 is 15.1 Å². The number of nitrogens with zero attached hydrogens (tertiary/aromatic N) is 3. The summed E-state index contributed by atoms with van der Waals surface area (Å²) in [5.74, 6) is -0.0687. The SMILES string of the molecule is CC[C@@H]1/C(=N/O)C[C@H](c2ccc([N+](=O)[O-])cc2)N[C@@H]1c1ccc([N+](=O)[O-])cc1. The van der Waals surface area contributed by atoms with Crippen LogP contribution in [0.3, 0.4) is 0 Å². The monoisotopic (exact) mass is 384 g/mol. The molecule has 9 heteroatoms. The van der Waals surface area contributed by atoms with Crippen LogP contribution in [0.5, 0.6) is 0 Å². The Kier molecular flexibility index (Phi) is 5.65. The highest BCUT2D eigenvalue weighted by molar-refractivity contribution is 5.88. The third-order valence-corrected chi connectivity index (χ3v) is 5.16. The Balaban J connectivity index is 1.93. The molecule has 9 nitrogen and oxygen atoms in total. The summed E-state index contributed by atoms with van der Waals surface area (Å²) in [5, 5.41) is 38.3. The molecule has 0 bridgehead atoms. The van der Waals surface area contributed by atoms with E-state index in [1.54, 1.807) is 24.3 Å². The molecule has 0 radical (unpaired) electrons. The molecule has 1 aliphatic heterocycles. The smallest absolute Gasteiger partial charge is 0.269 e. The normalized spacial score (nSPS) is 23.5. The topological polar surface area (TPSA) is 131 Å². The number of nitro groups is 2. The van der Waals surface area contributed by atoms with Crippen LogP contribution in [-0.2, 0) is 0 Å². The van der Waals surface area contributed by atoms with Crippen LogP contribution in [0.25, 0.3) is 0 Å². The average Bonchev–Trinajstić information content (AvgIpc) is 2.72. The van der Waals surface area contributed by atoms with Crippen molar-refractivity contribution in [3.8, 4) is 0 Å². The molecule has 3 rings (SSSR count). The van der Waals surface area contributed by atoms with E-state index in [0.717, 1.165) is 17.5 Å². The Hall–Kier alpha value is -3.33. The fourth-order valence-corrected chi connectivity index (χ4v) is 3.71. The van der Waals surface area contributed by atoms with Crippen LogP contribution in [-0.4, -0.2) is 20.8 Å². The molecule has 0 spiro atoms. The Morgan fingerprint density at radius 3 is 1.93 bits per heavy atom. The Bertz CT molecular complexity index is 896. The Morgan fingerprint density at radius 2 is 1.50 bits per heavy atom. The summed E-state index contributed by atoms with van der Waals surface area (Å²) in [6.45, 7) is 1.99. The lowest BCUT2D eigenvalue weighted by molar-refractivity contribution is -0.385. The molecule has 2 aromatic carbocycles. The van der Waals surface area contributed by atoms with E-state index in [4.69, 9.17) is 0 Å². The van der Waals surface area contributed by atoms with Crippen molar-refractivity contribution in [2.75, 3.05) is 0 Å². The van der Waals surface area contributed by atoms with Crippen LogP contribution in [0, 0.1) is 26.1 Å². The van der Waals surface area contributed by atoms with Gasteiger partial charge in [-0.25, -0.2) is 0 Å². The van der Waals surface area contributed by atoms with E-state index in [1.807, 2.05) is 6.92 Å². The highest BCUT2D eigenvalue weighted by atomic mass is 16.6. The van der Waals surface area contributed by atoms with Gasteiger partial charge in [-0.15, -0.1) is 0 Å². The number of nitro benzene ring substituents is 2. The maximum Gasteiger partial charge on any atom is 0.269 e. The molecule has 146 valence electrons. The number of oxime groups is 1. The van der Waals surface area contributed by atoms with Gasteiger partial charge >= 0.3 is 0 Å². The van der Waals surface area contributed by atoms with Crippen molar-refractivity contribution in [1.82, 2.24) is 5.32 Å². The predicted molar refractivity (Wildman–Crippen MR) is 102 cm³/mol. The van der Waals surface area contributed by atoms with E-state index in [9.17, 15) is 25.4 Å². The maximum absolute atomic E-state index is 10.9. The largest absolute Gasteiger partial charge is 0.411 e. The molecule has 0 saturated carbocycles. The Morgan fingerprint density at radius 1 is 1.00 bits per heavy atom. The van der Waals surface area contributed by atoms with E-state index in [0.29, 0.717) is 12.1 Å². The fraction of sp³-hybridized carbons (Fsp3) is 0.316. The van der Waals surface area contributed by atoms with Crippen molar-refractivity contribution in [2.45, 2.75) is 31.8 Å². The molecule has 3 atom stereocenters. The average molecular weight is 384 g/mol. The lowest BCUT2D eigenvalue weighted by Crippen LogP contribution is -2.42. The van der Waals surface area contributed by atoms with Crippen molar-refractivity contribution in [1.29, 1.82) is 0 Å². The number of piperidine rings is 1. The number of non-ortho nitro benzene ring substituents is 2. The zero-order valence-corrected chi connectivity index (χ0v) is 15.2. The molecule has 0 unspecified atom stereocenters. The maximum atomic E-state index is 10.9. The predicted octanol–water partition coefficient (Wildman–Crippen LogP) is 4.14. The minimum absolute atomic E-state index is 0.00830. The van der Waals surface area contributed by atoms with Crippen molar-refractivity contribution in [3.63, 3.8) is 0 Å². The van der Waals surface area contributed by atoms with Crippen molar-refractivity contribution in [2.24, 2.45) is 11.1 Å². The molecular weight excluding hydrogens is 364 g/mol. The zero-order chi connectivity index (χ0) is 20.3. The molecule has 1 fully saturated rings. The van der Waals surface area contributed by atoms with Gasteiger partial charge in [-0.1, -0.05) is 36.3 Å². The van der Waals surface area contributed by atoms with Crippen LogP contribution in [0.15, 0.2) is 53.7 Å². The van der Waals surface area contributed by atoms with Crippen LogP contribution < -0.4 is 5.32 Å². The van der Waals surface area contributed by atoms with Gasteiger partial charge in [0, 0.05) is 48.7 Å². The van der Waals surface area contributed by atoms with Gasteiger partial charge < -0.3 is 10.5 Å². The zero-order valence-electron chi connectivity index (χ0n) is 15.2. The second-order valence-corrected chi connectivity index (χ2v) is 6.70. The lowest BCUT2D eigenvalue weighted by atomic mass is 9.79. The number of nitrogens with one attached hydrogen (secondary N) is 1. The molecule has 1 saturated heterocycles. The molecule has 1 aliphatic rings. The van der Waals surface area contributed by atoms with E-state index >= 15 is 0 Å². The van der Waals surface area contributed by atoms with Gasteiger partial charge in [-0.05, 0) is 17.5 Å². The third-order valence-electron chi connectivity index (χ3n) is 5.16.